The fourth-order valence-corrected chi connectivity index (χ4v) is 6.67. The molecule has 0 spiro atoms. The minimum Gasteiger partial charge on any atom is -0.393 e. The number of hydrogen-bond acceptors (Lipinski definition) is 10. The Morgan fingerprint density at radius 3 is 2.89 bits per heavy atom. The third kappa shape index (κ3) is 5.76. The van der Waals surface area contributed by atoms with Gasteiger partial charge in [0.2, 0.25) is 5.78 Å². The monoisotopic (exact) mass is 578 g/mol. The summed E-state index contributed by atoms with van der Waals surface area (Å²) in [6, 6.07) is 9.20. The maximum atomic E-state index is 13.6. The van der Waals surface area contributed by atoms with Gasteiger partial charge in [-0.15, -0.1) is 11.3 Å². The number of aromatic nitrogens is 2. The molecule has 0 radical (unpaired) electrons. The van der Waals surface area contributed by atoms with Gasteiger partial charge in [0.1, 0.15) is 17.7 Å². The van der Waals surface area contributed by atoms with E-state index in [1.54, 1.807) is 0 Å². The number of benzene rings is 1. The molecule has 202 valence electrons. The van der Waals surface area contributed by atoms with E-state index in [1.165, 1.54) is 23.9 Å². The van der Waals surface area contributed by atoms with Crippen LogP contribution in [0.1, 0.15) is 52.0 Å². The Bertz CT molecular complexity index is 1430. The van der Waals surface area contributed by atoms with Crippen LogP contribution >= 0.6 is 22.9 Å². The van der Waals surface area contributed by atoms with E-state index in [-0.39, 0.29) is 18.4 Å². The lowest BCUT2D eigenvalue weighted by molar-refractivity contribution is 0.0363. The highest BCUT2D eigenvalue weighted by Crippen LogP contribution is 2.44. The largest absolute Gasteiger partial charge is 0.393 e. The predicted molar refractivity (Wildman–Crippen MR) is 142 cm³/mol. The van der Waals surface area contributed by atoms with Gasteiger partial charge >= 0.3 is 10.3 Å². The van der Waals surface area contributed by atoms with Gasteiger partial charge in [0.15, 0.2) is 0 Å². The first-order valence-electron chi connectivity index (χ1n) is 12.1. The summed E-state index contributed by atoms with van der Waals surface area (Å²) in [6.07, 6.45) is 4.43. The van der Waals surface area contributed by atoms with E-state index in [2.05, 4.69) is 19.5 Å². The van der Waals surface area contributed by atoms with Gasteiger partial charge < -0.3 is 15.2 Å². The van der Waals surface area contributed by atoms with Gasteiger partial charge in [0.25, 0.3) is 0 Å². The number of nitrogens with two attached hydrogens (primary N) is 1. The lowest BCUT2D eigenvalue weighted by atomic mass is 9.85. The van der Waals surface area contributed by atoms with Crippen LogP contribution in [0.4, 0.5) is 5.82 Å². The molecule has 1 saturated heterocycles. The van der Waals surface area contributed by atoms with Crippen LogP contribution in [0.15, 0.2) is 48.2 Å². The zero-order valence-electron chi connectivity index (χ0n) is 20.2. The Morgan fingerprint density at radius 1 is 1.32 bits per heavy atom. The highest BCUT2D eigenvalue weighted by atomic mass is 35.5. The normalized spacial score (nSPS) is 25.5. The summed E-state index contributed by atoms with van der Waals surface area (Å²) in [6.45, 7) is 0.394. The van der Waals surface area contributed by atoms with Crippen LogP contribution in [0.2, 0.25) is 5.02 Å². The highest BCUT2D eigenvalue weighted by Gasteiger charge is 2.40. The predicted octanol–water partition coefficient (Wildman–Crippen LogP) is 3.25. The van der Waals surface area contributed by atoms with Gasteiger partial charge in [0.05, 0.1) is 23.2 Å². The molecule has 1 saturated carbocycles. The van der Waals surface area contributed by atoms with Crippen molar-refractivity contribution in [1.29, 1.82) is 0 Å². The second-order valence-corrected chi connectivity index (χ2v) is 12.1. The van der Waals surface area contributed by atoms with Crippen LogP contribution in [0, 0.1) is 5.92 Å². The molecular weight excluding hydrogens is 552 g/mol. The van der Waals surface area contributed by atoms with Crippen LogP contribution < -0.4 is 10.5 Å². The molecule has 38 heavy (non-hydrogen) atoms. The number of ether oxygens (including phenoxy) is 1. The van der Waals surface area contributed by atoms with Gasteiger partial charge in [-0.25, -0.2) is 15.1 Å². The smallest absolute Gasteiger partial charge is 0.333 e. The minimum absolute atomic E-state index is 0.220. The van der Waals surface area contributed by atoms with Crippen molar-refractivity contribution in [2.45, 2.75) is 43.4 Å². The maximum absolute atomic E-state index is 13.6. The van der Waals surface area contributed by atoms with Crippen molar-refractivity contribution in [2.75, 3.05) is 18.5 Å². The van der Waals surface area contributed by atoms with Crippen LogP contribution in [-0.4, -0.2) is 54.6 Å². The van der Waals surface area contributed by atoms with Gasteiger partial charge in [-0.1, -0.05) is 23.7 Å². The molecule has 10 nitrogen and oxygen atoms in total. The van der Waals surface area contributed by atoms with E-state index in [4.69, 9.17) is 21.5 Å². The minimum atomic E-state index is -4.10. The van der Waals surface area contributed by atoms with Gasteiger partial charge in [-0.2, -0.15) is 8.42 Å². The molecule has 2 aliphatic rings. The zero-order valence-corrected chi connectivity index (χ0v) is 22.6. The topological polar surface area (TPSA) is 154 Å². The number of ketones is 1. The molecule has 4 N–H and O–H groups in total. The Balaban J connectivity index is 1.35. The number of halogens is 1. The highest BCUT2D eigenvalue weighted by molar-refractivity contribution is 7.84. The number of aliphatic hydroxyl groups excluding tert-OH is 1. The van der Waals surface area contributed by atoms with Crippen molar-refractivity contribution in [3.05, 3.63) is 74.8 Å². The number of nitrogens with zero attached hydrogens (tertiary/aromatic N) is 2. The second kappa shape index (κ2) is 11.0. The van der Waals surface area contributed by atoms with Crippen molar-refractivity contribution in [3.63, 3.8) is 0 Å². The van der Waals surface area contributed by atoms with E-state index in [0.717, 1.165) is 24.0 Å². The van der Waals surface area contributed by atoms with E-state index in [1.807, 2.05) is 35.7 Å². The average Bonchev–Trinajstić information content (AvgIpc) is 3.63. The molecule has 4 atom stereocenters. The van der Waals surface area contributed by atoms with Crippen molar-refractivity contribution in [1.82, 2.24) is 9.97 Å². The Morgan fingerprint density at radius 2 is 2.16 bits per heavy atom. The molecule has 3 aromatic rings. The molecule has 0 unspecified atom stereocenters. The number of thiophene rings is 1. The lowest BCUT2D eigenvalue weighted by Crippen LogP contribution is -2.25. The third-order valence-electron chi connectivity index (χ3n) is 7.00. The van der Waals surface area contributed by atoms with Crippen molar-refractivity contribution in [2.24, 2.45) is 11.1 Å². The number of anilines is 1. The zero-order chi connectivity index (χ0) is 26.9. The summed E-state index contributed by atoms with van der Waals surface area (Å²) >= 11 is 7.60. The Kier molecular flexibility index (Phi) is 7.83. The fraction of sp³-hybridized carbons (Fsp3) is 0.400. The molecule has 2 fully saturated rings. The first-order valence-corrected chi connectivity index (χ1v) is 14.8. The van der Waals surface area contributed by atoms with E-state index < -0.39 is 27.9 Å². The summed E-state index contributed by atoms with van der Waals surface area (Å²) in [5, 5.41) is 21.0. The summed E-state index contributed by atoms with van der Waals surface area (Å²) in [4.78, 5) is 22.4. The van der Waals surface area contributed by atoms with Crippen LogP contribution in [0.5, 0.6) is 0 Å². The quantitative estimate of drug-likeness (QED) is 0.325. The number of hydrogen-bond donors (Lipinski definition) is 3. The third-order valence-corrected chi connectivity index (χ3v) is 8.63. The number of carbonyl (C=O) groups is 1. The summed E-state index contributed by atoms with van der Waals surface area (Å²) in [5.41, 5.74) is 1.48. The van der Waals surface area contributed by atoms with Crippen LogP contribution in [-0.2, 0) is 24.8 Å². The summed E-state index contributed by atoms with van der Waals surface area (Å²) in [5.74, 6) is -0.330. The fourth-order valence-electron chi connectivity index (χ4n) is 5.19. The van der Waals surface area contributed by atoms with Gasteiger partial charge in [-0.3, -0.25) is 8.98 Å². The number of carbonyl (C=O) groups excluding carboxylic acids is 1. The summed E-state index contributed by atoms with van der Waals surface area (Å²) < 4.78 is 33.1. The average molecular weight is 579 g/mol. The first-order chi connectivity index (χ1) is 18.1. The number of rotatable bonds is 9. The molecule has 0 bridgehead atoms. The number of nitrogens with one attached hydrogen (secondary N) is 1. The summed E-state index contributed by atoms with van der Waals surface area (Å²) in [7, 11) is -4.10. The van der Waals surface area contributed by atoms with Crippen LogP contribution in [0.25, 0.3) is 0 Å². The maximum Gasteiger partial charge on any atom is 0.333 e. The second-order valence-electron chi connectivity index (χ2n) is 9.52. The first kappa shape index (κ1) is 27.1. The SMILES string of the molecule is NS(=O)(=O)OC[C@H]1C[C@@H](Nc2ncncc2C(=O)c2cc([C@@]3(c4cccc(Cl)c4)CCCO3)cs2)C[C@@H]1O. The van der Waals surface area contributed by atoms with E-state index in [0.29, 0.717) is 40.7 Å². The molecule has 0 amide bonds. The Hall–Kier alpha value is -2.45. The molecule has 1 aliphatic heterocycles. The van der Waals surface area contributed by atoms with E-state index in [9.17, 15) is 18.3 Å². The van der Waals surface area contributed by atoms with E-state index >= 15 is 0 Å². The molecule has 5 rings (SSSR count). The molecule has 3 heterocycles. The molecule has 2 aromatic heterocycles. The Labute approximate surface area is 229 Å². The molecule has 1 aromatic carbocycles. The number of aliphatic hydroxyl groups is 1. The molecular formula is C25H27ClN4O6S2. The standard InChI is InChI=1S/C25H27ClN4O6S2/c26-18-4-1-3-16(8-18)25(5-2-6-35-25)17-9-22(37-13-17)23(32)20-11-28-14-29-24(20)30-19-7-15(21(31)10-19)12-36-38(27,33)34/h1,3-4,8-9,11,13-15,19,21,31H,2,5-7,10,12H2,(H2,27,33,34)(H,28,29,30)/t15-,19-,21+,25+/m1/s1. The van der Waals surface area contributed by atoms with Gasteiger partial charge in [0, 0.05) is 29.8 Å². The van der Waals surface area contributed by atoms with Crippen LogP contribution in [0.3, 0.4) is 0 Å². The van der Waals surface area contributed by atoms with Crippen molar-refractivity contribution >= 4 is 44.8 Å². The lowest BCUT2D eigenvalue weighted by Gasteiger charge is -2.28. The van der Waals surface area contributed by atoms with Crippen molar-refractivity contribution < 1.29 is 27.2 Å². The van der Waals surface area contributed by atoms with Crippen molar-refractivity contribution in [3.8, 4) is 0 Å². The molecule has 13 heteroatoms. The van der Waals surface area contributed by atoms with Gasteiger partial charge in [-0.05, 0) is 60.4 Å². The molecule has 1 aliphatic carbocycles.